The molecular weight excluding hydrogens is 579 g/mol. The van der Waals surface area contributed by atoms with E-state index in [1.807, 2.05) is 12.1 Å². The molecule has 1 saturated carbocycles. The maximum Gasteiger partial charge on any atom is 0.326 e. The van der Waals surface area contributed by atoms with Crippen molar-refractivity contribution in [3.05, 3.63) is 53.6 Å². The summed E-state index contributed by atoms with van der Waals surface area (Å²) in [6.45, 7) is 5.45. The van der Waals surface area contributed by atoms with Gasteiger partial charge in [-0.05, 0) is 58.5 Å². The van der Waals surface area contributed by atoms with Crippen molar-refractivity contribution in [2.75, 3.05) is 28.6 Å². The average Bonchev–Trinajstić information content (AvgIpc) is 3.39. The van der Waals surface area contributed by atoms with Gasteiger partial charge in [-0.3, -0.25) is 9.88 Å². The van der Waals surface area contributed by atoms with Gasteiger partial charge >= 0.3 is 6.03 Å². The van der Waals surface area contributed by atoms with Crippen LogP contribution in [-0.2, 0) is 5.41 Å². The van der Waals surface area contributed by atoms with Gasteiger partial charge in [-0.25, -0.2) is 13.6 Å². The molecule has 3 heterocycles. The van der Waals surface area contributed by atoms with Gasteiger partial charge in [0.2, 0.25) is 0 Å². The largest absolute Gasteiger partial charge is 0.384 e. The number of pyridine rings is 1. The summed E-state index contributed by atoms with van der Waals surface area (Å²) in [5.74, 6) is 0.0498. The second-order valence-electron chi connectivity index (χ2n) is 9.43. The number of amides is 2. The van der Waals surface area contributed by atoms with E-state index in [-0.39, 0.29) is 17.3 Å². The van der Waals surface area contributed by atoms with Gasteiger partial charge < -0.3 is 16.0 Å². The number of nitrogens with one attached hydrogen (secondary N) is 3. The van der Waals surface area contributed by atoms with Gasteiger partial charge in [-0.1, -0.05) is 26.0 Å². The molecular formula is C24H26FIN7OP. The fourth-order valence-corrected chi connectivity index (χ4v) is 5.55. The minimum atomic E-state index is -0.382. The van der Waals surface area contributed by atoms with Crippen LogP contribution in [0.3, 0.4) is 0 Å². The zero-order valence-electron chi connectivity index (χ0n) is 19.4. The Morgan fingerprint density at radius 3 is 2.86 bits per heavy atom. The first-order valence-corrected chi connectivity index (χ1v) is 15.5. The highest BCUT2D eigenvalue weighted by molar-refractivity contribution is 14.2. The lowest BCUT2D eigenvalue weighted by atomic mass is 9.99. The Hall–Kier alpha value is -2.59. The van der Waals surface area contributed by atoms with E-state index in [1.165, 1.54) is 17.2 Å². The molecule has 1 unspecified atom stereocenters. The lowest BCUT2D eigenvalue weighted by Gasteiger charge is -2.19. The fourth-order valence-electron chi connectivity index (χ4n) is 4.49. The summed E-state index contributed by atoms with van der Waals surface area (Å²) in [5.41, 5.74) is 4.26. The molecule has 0 bridgehead atoms. The topological polar surface area (TPSA) is 98.9 Å². The molecule has 3 aromatic rings. The lowest BCUT2D eigenvalue weighted by Crippen LogP contribution is -2.35. The molecule has 2 aromatic heterocycles. The highest BCUT2D eigenvalue weighted by Gasteiger charge is 2.54. The Balaban J connectivity index is 1.46. The van der Waals surface area contributed by atoms with E-state index in [0.29, 0.717) is 47.2 Å². The van der Waals surface area contributed by atoms with Crippen molar-refractivity contribution in [1.82, 2.24) is 14.5 Å². The minimum absolute atomic E-state index is 0.119. The molecule has 5 rings (SSSR count). The van der Waals surface area contributed by atoms with Crippen LogP contribution < -0.4 is 15.5 Å². The first-order chi connectivity index (χ1) is 16.8. The molecule has 0 saturated heterocycles. The van der Waals surface area contributed by atoms with Crippen LogP contribution in [0.4, 0.5) is 26.2 Å². The van der Waals surface area contributed by atoms with Crippen LogP contribution in [0.25, 0.3) is 11.4 Å². The van der Waals surface area contributed by atoms with Gasteiger partial charge in [0, 0.05) is 42.2 Å². The molecule has 2 amide bonds. The van der Waals surface area contributed by atoms with Crippen LogP contribution in [-0.4, -0.2) is 39.9 Å². The fraction of sp³-hybridized carbons (Fsp3) is 0.333. The number of urea groups is 1. The van der Waals surface area contributed by atoms with E-state index >= 15 is 0 Å². The van der Waals surface area contributed by atoms with Gasteiger partial charge in [-0.2, -0.15) is 5.10 Å². The maximum absolute atomic E-state index is 14.8. The SMILES string of the molecule is CC(C)CNc1cc(-c2nn(PI)cc2NC(=O)N2CC3(CC3)c3cccc(F)c32)ncc1C=N. The van der Waals surface area contributed by atoms with E-state index in [9.17, 15) is 9.18 Å². The number of hydrogen-bond donors (Lipinski definition) is 3. The van der Waals surface area contributed by atoms with Crippen LogP contribution in [0.2, 0.25) is 0 Å². The predicted octanol–water partition coefficient (Wildman–Crippen LogP) is 6.03. The molecule has 1 atom stereocenters. The Morgan fingerprint density at radius 2 is 2.17 bits per heavy atom. The van der Waals surface area contributed by atoms with Gasteiger partial charge in [0.15, 0.2) is 0 Å². The summed E-state index contributed by atoms with van der Waals surface area (Å²) >= 11 is 2.22. The van der Waals surface area contributed by atoms with Crippen molar-refractivity contribution in [1.29, 1.82) is 5.41 Å². The number of benzene rings is 1. The standard InChI is InChI=1S/C24H26FIN7OP/c1-14(2)10-28-18-8-19(29-11-15(18)9-27)21-20(12-33(31-21)35-26)30-23(34)32-13-24(6-7-24)16-4-3-5-17(25)22(16)32/h3-5,8-9,11-12,14,27,35H,6-7,10,13H2,1-2H3,(H,28,29)(H,30,34). The third-order valence-electron chi connectivity index (χ3n) is 6.46. The number of fused-ring (bicyclic) bond motifs is 2. The molecule has 8 nitrogen and oxygen atoms in total. The smallest absolute Gasteiger partial charge is 0.326 e. The van der Waals surface area contributed by atoms with Crippen LogP contribution in [0.5, 0.6) is 0 Å². The Labute approximate surface area is 217 Å². The number of rotatable bonds is 7. The number of halogens is 2. The number of anilines is 3. The summed E-state index contributed by atoms with van der Waals surface area (Å²) < 4.78 is 16.5. The van der Waals surface area contributed by atoms with E-state index in [4.69, 9.17) is 5.41 Å². The van der Waals surface area contributed by atoms with Crippen molar-refractivity contribution in [3.8, 4) is 11.4 Å². The molecule has 1 fully saturated rings. The quantitative estimate of drug-likeness (QED) is 0.174. The number of nitrogens with zero attached hydrogens (tertiary/aromatic N) is 4. The predicted molar refractivity (Wildman–Crippen MR) is 148 cm³/mol. The minimum Gasteiger partial charge on any atom is -0.384 e. The maximum atomic E-state index is 14.8. The second-order valence-corrected chi connectivity index (χ2v) is 11.5. The summed E-state index contributed by atoms with van der Waals surface area (Å²) in [5, 5.41) is 18.7. The summed E-state index contributed by atoms with van der Waals surface area (Å²) in [6, 6.07) is 6.52. The average molecular weight is 605 g/mol. The Kier molecular flexibility index (Phi) is 6.52. The Bertz CT molecular complexity index is 1310. The first-order valence-electron chi connectivity index (χ1n) is 11.4. The van der Waals surface area contributed by atoms with Gasteiger partial charge in [0.25, 0.3) is 0 Å². The van der Waals surface area contributed by atoms with Crippen molar-refractivity contribution in [2.24, 2.45) is 5.92 Å². The molecule has 2 aliphatic rings. The van der Waals surface area contributed by atoms with E-state index in [1.54, 1.807) is 22.9 Å². The van der Waals surface area contributed by atoms with Crippen molar-refractivity contribution in [2.45, 2.75) is 32.1 Å². The van der Waals surface area contributed by atoms with Crippen molar-refractivity contribution < 1.29 is 9.18 Å². The molecule has 1 aliphatic carbocycles. The number of aromatic nitrogens is 3. The van der Waals surface area contributed by atoms with E-state index < -0.39 is 0 Å². The van der Waals surface area contributed by atoms with Gasteiger partial charge in [-0.15, -0.1) is 0 Å². The third-order valence-corrected chi connectivity index (χ3v) is 8.35. The van der Waals surface area contributed by atoms with Crippen LogP contribution in [0, 0.1) is 17.1 Å². The van der Waals surface area contributed by atoms with E-state index in [2.05, 4.69) is 56.6 Å². The van der Waals surface area contributed by atoms with Crippen LogP contribution in [0.15, 0.2) is 36.7 Å². The highest BCUT2D eigenvalue weighted by Crippen LogP contribution is 2.57. The third kappa shape index (κ3) is 4.53. The number of carbonyl (C=O) groups excluding carboxylic acids is 1. The monoisotopic (exact) mass is 605 g/mol. The summed E-state index contributed by atoms with van der Waals surface area (Å²) in [4.78, 5) is 19.5. The summed E-state index contributed by atoms with van der Waals surface area (Å²) in [7, 11) is 0. The van der Waals surface area contributed by atoms with Crippen LogP contribution >= 0.6 is 28.4 Å². The zero-order chi connectivity index (χ0) is 24.7. The Morgan fingerprint density at radius 1 is 1.37 bits per heavy atom. The first kappa shape index (κ1) is 24.1. The van der Waals surface area contributed by atoms with Gasteiger partial charge in [0.05, 0.1) is 29.6 Å². The van der Waals surface area contributed by atoms with Crippen LogP contribution in [0.1, 0.15) is 37.8 Å². The number of para-hydroxylation sites is 1. The molecule has 1 aromatic carbocycles. The molecule has 1 aliphatic heterocycles. The molecule has 11 heteroatoms. The number of hydrogen-bond acceptors (Lipinski definition) is 5. The van der Waals surface area contributed by atoms with Crippen molar-refractivity contribution >= 4 is 57.7 Å². The molecule has 182 valence electrons. The summed E-state index contributed by atoms with van der Waals surface area (Å²) in [6.07, 6.45) is 6.92. The second kappa shape index (κ2) is 9.46. The normalized spacial score (nSPS) is 15.7. The number of carbonyl (C=O) groups is 1. The molecule has 0 radical (unpaired) electrons. The molecule has 3 N–H and O–H groups in total. The zero-order valence-corrected chi connectivity index (χ0v) is 22.6. The lowest BCUT2D eigenvalue weighted by molar-refractivity contribution is 0.257. The van der Waals surface area contributed by atoms with Gasteiger partial charge in [0.1, 0.15) is 11.5 Å². The molecule has 35 heavy (non-hydrogen) atoms. The van der Waals surface area contributed by atoms with E-state index in [0.717, 1.165) is 30.6 Å². The molecule has 1 spiro atoms. The highest BCUT2D eigenvalue weighted by atomic mass is 127. The van der Waals surface area contributed by atoms with Crippen molar-refractivity contribution in [3.63, 3.8) is 0 Å².